The molecule has 1 unspecified atom stereocenters. The Hall–Kier alpha value is -1.88. The van der Waals surface area contributed by atoms with Crippen molar-refractivity contribution < 1.29 is 9.84 Å². The van der Waals surface area contributed by atoms with Crippen LogP contribution in [-0.4, -0.2) is 27.9 Å². The average Bonchev–Trinajstić information content (AvgIpc) is 2.41. The molecule has 5 heteroatoms. The summed E-state index contributed by atoms with van der Waals surface area (Å²) in [6.45, 7) is 2.14. The smallest absolute Gasteiger partial charge is 0.261 e. The van der Waals surface area contributed by atoms with Gasteiger partial charge >= 0.3 is 0 Å². The summed E-state index contributed by atoms with van der Waals surface area (Å²) < 4.78 is 6.52. The van der Waals surface area contributed by atoms with E-state index in [1.54, 1.807) is 25.3 Å². The number of nitrogens with zero attached hydrogens (tertiary/aromatic N) is 2. The van der Waals surface area contributed by atoms with Crippen LogP contribution in [-0.2, 0) is 6.54 Å². The average molecular weight is 248 g/mol. The zero-order chi connectivity index (χ0) is 13.1. The highest BCUT2D eigenvalue weighted by molar-refractivity contribution is 5.78. The summed E-state index contributed by atoms with van der Waals surface area (Å²) in [7, 11) is 1.57. The number of methoxy groups -OCH3 is 1. The highest BCUT2D eigenvalue weighted by Crippen LogP contribution is 2.15. The zero-order valence-electron chi connectivity index (χ0n) is 10.5. The maximum absolute atomic E-state index is 12.2. The molecule has 1 atom stereocenters. The molecule has 0 spiro atoms. The van der Waals surface area contributed by atoms with E-state index in [1.165, 1.54) is 10.9 Å². The molecule has 2 aromatic rings. The SMILES string of the molecule is CCC(O)Cn1cnc2cc(OC)ccc2c1=O. The van der Waals surface area contributed by atoms with Gasteiger partial charge < -0.3 is 9.84 Å². The number of ether oxygens (including phenoxy) is 1. The van der Waals surface area contributed by atoms with Crippen LogP contribution in [0.2, 0.25) is 0 Å². The number of fused-ring (bicyclic) bond motifs is 1. The third-order valence-corrected chi connectivity index (χ3v) is 2.91. The van der Waals surface area contributed by atoms with E-state index in [-0.39, 0.29) is 12.1 Å². The van der Waals surface area contributed by atoms with Gasteiger partial charge in [-0.15, -0.1) is 0 Å². The Morgan fingerprint density at radius 3 is 2.94 bits per heavy atom. The molecular formula is C13H16N2O3. The normalized spacial score (nSPS) is 12.6. The summed E-state index contributed by atoms with van der Waals surface area (Å²) >= 11 is 0. The van der Waals surface area contributed by atoms with E-state index in [1.807, 2.05) is 6.92 Å². The third kappa shape index (κ3) is 2.36. The summed E-state index contributed by atoms with van der Waals surface area (Å²) in [5.74, 6) is 0.667. The number of aliphatic hydroxyl groups excluding tert-OH is 1. The van der Waals surface area contributed by atoms with Gasteiger partial charge in [-0.05, 0) is 18.6 Å². The first-order valence-electron chi connectivity index (χ1n) is 5.87. The first kappa shape index (κ1) is 12.6. The van der Waals surface area contributed by atoms with Crippen molar-refractivity contribution in [3.8, 4) is 5.75 Å². The lowest BCUT2D eigenvalue weighted by Crippen LogP contribution is -2.26. The lowest BCUT2D eigenvalue weighted by Gasteiger charge is -2.10. The molecule has 18 heavy (non-hydrogen) atoms. The van der Waals surface area contributed by atoms with Crippen molar-refractivity contribution in [1.82, 2.24) is 9.55 Å². The van der Waals surface area contributed by atoms with Crippen molar-refractivity contribution in [2.24, 2.45) is 0 Å². The molecule has 0 bridgehead atoms. The van der Waals surface area contributed by atoms with E-state index in [0.717, 1.165) is 0 Å². The molecule has 1 heterocycles. The Balaban J connectivity index is 2.48. The minimum absolute atomic E-state index is 0.143. The molecule has 1 N–H and O–H groups in total. The molecular weight excluding hydrogens is 232 g/mol. The molecule has 0 aliphatic heterocycles. The predicted molar refractivity (Wildman–Crippen MR) is 68.9 cm³/mol. The van der Waals surface area contributed by atoms with E-state index in [4.69, 9.17) is 4.74 Å². The van der Waals surface area contributed by atoms with Crippen molar-refractivity contribution in [3.63, 3.8) is 0 Å². The van der Waals surface area contributed by atoms with Gasteiger partial charge in [0, 0.05) is 6.07 Å². The summed E-state index contributed by atoms with van der Waals surface area (Å²) in [5, 5.41) is 10.1. The lowest BCUT2D eigenvalue weighted by molar-refractivity contribution is 0.148. The van der Waals surface area contributed by atoms with Gasteiger partial charge in [0.2, 0.25) is 0 Å². The highest BCUT2D eigenvalue weighted by atomic mass is 16.5. The topological polar surface area (TPSA) is 64.3 Å². The Labute approximate surface area is 105 Å². The van der Waals surface area contributed by atoms with Crippen LogP contribution in [0.1, 0.15) is 13.3 Å². The van der Waals surface area contributed by atoms with Gasteiger partial charge in [-0.1, -0.05) is 6.92 Å². The van der Waals surface area contributed by atoms with Crippen molar-refractivity contribution in [1.29, 1.82) is 0 Å². The van der Waals surface area contributed by atoms with E-state index >= 15 is 0 Å². The molecule has 96 valence electrons. The molecule has 5 nitrogen and oxygen atoms in total. The van der Waals surface area contributed by atoms with Crippen molar-refractivity contribution in [2.45, 2.75) is 26.0 Å². The summed E-state index contributed by atoms with van der Waals surface area (Å²) in [5.41, 5.74) is 0.455. The van der Waals surface area contributed by atoms with Gasteiger partial charge in [-0.25, -0.2) is 4.98 Å². The van der Waals surface area contributed by atoms with Crippen LogP contribution < -0.4 is 10.3 Å². The number of hydrogen-bond acceptors (Lipinski definition) is 4. The third-order valence-electron chi connectivity index (χ3n) is 2.91. The fourth-order valence-electron chi connectivity index (χ4n) is 1.75. The van der Waals surface area contributed by atoms with Gasteiger partial charge in [-0.3, -0.25) is 9.36 Å². The molecule has 0 amide bonds. The van der Waals surface area contributed by atoms with Gasteiger partial charge in [-0.2, -0.15) is 0 Å². The van der Waals surface area contributed by atoms with Crippen LogP contribution in [0.25, 0.3) is 10.9 Å². The molecule has 1 aromatic heterocycles. The molecule has 0 saturated carbocycles. The molecule has 0 aliphatic rings. The Morgan fingerprint density at radius 2 is 2.28 bits per heavy atom. The zero-order valence-corrected chi connectivity index (χ0v) is 10.5. The number of rotatable bonds is 4. The van der Waals surface area contributed by atoms with Crippen LogP contribution in [0.5, 0.6) is 5.75 Å². The van der Waals surface area contributed by atoms with Gasteiger partial charge in [0.25, 0.3) is 5.56 Å². The minimum Gasteiger partial charge on any atom is -0.497 e. The number of hydrogen-bond donors (Lipinski definition) is 1. The van der Waals surface area contributed by atoms with Gasteiger partial charge in [0.05, 0.1) is 37.0 Å². The van der Waals surface area contributed by atoms with Gasteiger partial charge in [0.15, 0.2) is 0 Å². The summed E-state index contributed by atoms with van der Waals surface area (Å²) in [6.07, 6.45) is 1.54. The minimum atomic E-state index is -0.528. The molecule has 0 fully saturated rings. The Kier molecular flexibility index (Phi) is 3.62. The Morgan fingerprint density at radius 1 is 1.50 bits per heavy atom. The molecule has 0 saturated heterocycles. The van der Waals surface area contributed by atoms with Crippen LogP contribution in [0, 0.1) is 0 Å². The van der Waals surface area contributed by atoms with Gasteiger partial charge in [0.1, 0.15) is 5.75 Å². The first-order chi connectivity index (χ1) is 8.65. The van der Waals surface area contributed by atoms with E-state index in [9.17, 15) is 9.90 Å². The molecule has 1 aromatic carbocycles. The maximum Gasteiger partial charge on any atom is 0.261 e. The van der Waals surface area contributed by atoms with Crippen molar-refractivity contribution in [3.05, 3.63) is 34.9 Å². The quantitative estimate of drug-likeness (QED) is 0.882. The fourth-order valence-corrected chi connectivity index (χ4v) is 1.75. The molecule has 0 radical (unpaired) electrons. The second kappa shape index (κ2) is 5.18. The highest BCUT2D eigenvalue weighted by Gasteiger charge is 2.08. The van der Waals surface area contributed by atoms with E-state index in [2.05, 4.69) is 4.98 Å². The van der Waals surface area contributed by atoms with E-state index < -0.39 is 6.10 Å². The Bertz CT molecular complexity index is 607. The number of aromatic nitrogens is 2. The van der Waals surface area contributed by atoms with Crippen LogP contribution in [0.15, 0.2) is 29.3 Å². The standard InChI is InChI=1S/C13H16N2O3/c1-3-9(16)7-15-8-14-12-6-10(18-2)4-5-11(12)13(15)17/h4-6,8-9,16H,3,7H2,1-2H3. The van der Waals surface area contributed by atoms with E-state index in [0.29, 0.717) is 23.1 Å². The summed E-state index contributed by atoms with van der Waals surface area (Å²) in [6, 6.07) is 5.14. The predicted octanol–water partition coefficient (Wildman–Crippen LogP) is 1.18. The first-order valence-corrected chi connectivity index (χ1v) is 5.87. The van der Waals surface area contributed by atoms with Crippen LogP contribution in [0.4, 0.5) is 0 Å². The van der Waals surface area contributed by atoms with Crippen molar-refractivity contribution >= 4 is 10.9 Å². The second-order valence-electron chi connectivity index (χ2n) is 4.15. The monoisotopic (exact) mass is 248 g/mol. The number of benzene rings is 1. The van der Waals surface area contributed by atoms with Crippen LogP contribution >= 0.6 is 0 Å². The summed E-state index contributed by atoms with van der Waals surface area (Å²) in [4.78, 5) is 16.4. The molecule has 0 aliphatic carbocycles. The lowest BCUT2D eigenvalue weighted by atomic mass is 10.2. The molecule has 2 rings (SSSR count). The number of aliphatic hydroxyl groups is 1. The van der Waals surface area contributed by atoms with Crippen LogP contribution in [0.3, 0.4) is 0 Å². The second-order valence-corrected chi connectivity index (χ2v) is 4.15. The maximum atomic E-state index is 12.2. The largest absolute Gasteiger partial charge is 0.497 e. The fraction of sp³-hybridized carbons (Fsp3) is 0.385. The van der Waals surface area contributed by atoms with Crippen molar-refractivity contribution in [2.75, 3.05) is 7.11 Å².